The predicted octanol–water partition coefficient (Wildman–Crippen LogP) is 5.64. The first-order chi connectivity index (χ1) is 13.0. The van der Waals surface area contributed by atoms with Crippen LogP contribution in [0.4, 0.5) is 0 Å². The molecule has 160 valence electrons. The highest BCUT2D eigenvalue weighted by atomic mass is 16.3. The standard InChI is InChI=1S/C26H45NO/c1-16(2)21-17(28)14-24(6)19-9-8-18-22(3,4)20(27-7)10-11-25(18)15-26(19,25)13-12-23(21,24)5/h16-21,27-28H,8-15H2,1-7H3/t17-,18+,19+,20+,21?,23-,24+,25-,26+/m1/s1. The quantitative estimate of drug-likeness (QED) is 0.642. The minimum Gasteiger partial charge on any atom is -0.393 e. The molecule has 0 bridgehead atoms. The van der Waals surface area contributed by atoms with Crippen LogP contribution in [0.25, 0.3) is 0 Å². The van der Waals surface area contributed by atoms with E-state index in [9.17, 15) is 5.11 Å². The zero-order chi connectivity index (χ0) is 20.3. The summed E-state index contributed by atoms with van der Waals surface area (Å²) in [5.41, 5.74) is 2.30. The summed E-state index contributed by atoms with van der Waals surface area (Å²) in [6, 6.07) is 0.681. The van der Waals surface area contributed by atoms with E-state index in [0.717, 1.165) is 18.3 Å². The summed E-state index contributed by atoms with van der Waals surface area (Å²) in [4.78, 5) is 0. The number of hydrogen-bond acceptors (Lipinski definition) is 2. The fraction of sp³-hybridized carbons (Fsp3) is 1.00. The van der Waals surface area contributed by atoms with Crippen LogP contribution in [0, 0.1) is 50.7 Å². The van der Waals surface area contributed by atoms with Crippen LogP contribution in [0.1, 0.15) is 92.9 Å². The summed E-state index contributed by atoms with van der Waals surface area (Å²) in [7, 11) is 2.18. The van der Waals surface area contributed by atoms with Gasteiger partial charge in [-0.3, -0.25) is 0 Å². The monoisotopic (exact) mass is 387 g/mol. The maximum Gasteiger partial charge on any atom is 0.0581 e. The molecule has 0 heterocycles. The molecule has 2 spiro atoms. The van der Waals surface area contributed by atoms with Gasteiger partial charge in [0.2, 0.25) is 0 Å². The number of nitrogens with one attached hydrogen (secondary N) is 1. The second-order valence-corrected chi connectivity index (χ2v) is 13.2. The van der Waals surface area contributed by atoms with Crippen LogP contribution in [0.15, 0.2) is 0 Å². The summed E-state index contributed by atoms with van der Waals surface area (Å²) < 4.78 is 0. The minimum absolute atomic E-state index is 0.0888. The maximum absolute atomic E-state index is 11.2. The average molecular weight is 388 g/mol. The van der Waals surface area contributed by atoms with E-state index in [-0.39, 0.29) is 6.10 Å². The Morgan fingerprint density at radius 2 is 1.50 bits per heavy atom. The van der Waals surface area contributed by atoms with Crippen molar-refractivity contribution in [2.75, 3.05) is 7.05 Å². The van der Waals surface area contributed by atoms with Gasteiger partial charge >= 0.3 is 0 Å². The van der Waals surface area contributed by atoms with Gasteiger partial charge in [-0.15, -0.1) is 0 Å². The van der Waals surface area contributed by atoms with Gasteiger partial charge in [-0.1, -0.05) is 41.5 Å². The van der Waals surface area contributed by atoms with Crippen molar-refractivity contribution in [3.05, 3.63) is 0 Å². The van der Waals surface area contributed by atoms with Gasteiger partial charge in [0.25, 0.3) is 0 Å². The van der Waals surface area contributed by atoms with Gasteiger partial charge in [-0.2, -0.15) is 0 Å². The van der Waals surface area contributed by atoms with Crippen LogP contribution in [0.2, 0.25) is 0 Å². The van der Waals surface area contributed by atoms with E-state index in [0.29, 0.717) is 45.0 Å². The van der Waals surface area contributed by atoms with E-state index in [1.165, 1.54) is 44.9 Å². The van der Waals surface area contributed by atoms with Gasteiger partial charge in [-0.05, 0) is 109 Å². The van der Waals surface area contributed by atoms with Crippen LogP contribution in [0.5, 0.6) is 0 Å². The maximum atomic E-state index is 11.2. The van der Waals surface area contributed by atoms with Crippen molar-refractivity contribution in [3.8, 4) is 0 Å². The molecule has 5 saturated carbocycles. The molecule has 1 unspecified atom stereocenters. The molecule has 5 rings (SSSR count). The first kappa shape index (κ1) is 19.9. The van der Waals surface area contributed by atoms with Crippen molar-refractivity contribution in [2.24, 2.45) is 50.7 Å². The molecule has 2 nitrogen and oxygen atoms in total. The van der Waals surface area contributed by atoms with Crippen molar-refractivity contribution in [2.45, 2.75) is 105 Å². The Labute approximate surface area is 173 Å². The Bertz CT molecular complexity index is 671. The van der Waals surface area contributed by atoms with Gasteiger partial charge < -0.3 is 10.4 Å². The molecule has 0 aromatic heterocycles. The third-order valence-electron chi connectivity index (χ3n) is 12.3. The van der Waals surface area contributed by atoms with Crippen LogP contribution >= 0.6 is 0 Å². The van der Waals surface area contributed by atoms with Crippen LogP contribution in [-0.4, -0.2) is 24.3 Å². The fourth-order valence-corrected chi connectivity index (χ4v) is 11.2. The highest BCUT2D eigenvalue weighted by molar-refractivity contribution is 5.31. The lowest BCUT2D eigenvalue weighted by atomic mass is 9.41. The average Bonchev–Trinajstić information content (AvgIpc) is 3.19. The molecule has 0 saturated heterocycles. The normalized spacial score (nSPS) is 59.2. The van der Waals surface area contributed by atoms with E-state index in [4.69, 9.17) is 0 Å². The molecule has 0 aliphatic heterocycles. The Morgan fingerprint density at radius 1 is 0.857 bits per heavy atom. The molecule has 5 fully saturated rings. The number of fused-ring (bicyclic) bond motifs is 2. The number of aliphatic hydroxyl groups excluding tert-OH is 1. The van der Waals surface area contributed by atoms with Gasteiger partial charge in [-0.25, -0.2) is 0 Å². The number of rotatable bonds is 2. The summed E-state index contributed by atoms with van der Waals surface area (Å²) >= 11 is 0. The lowest BCUT2D eigenvalue weighted by Crippen LogP contribution is -2.59. The largest absolute Gasteiger partial charge is 0.393 e. The smallest absolute Gasteiger partial charge is 0.0581 e. The molecule has 5 aliphatic carbocycles. The molecular weight excluding hydrogens is 342 g/mol. The zero-order valence-corrected chi connectivity index (χ0v) is 19.6. The van der Waals surface area contributed by atoms with Gasteiger partial charge in [0, 0.05) is 6.04 Å². The van der Waals surface area contributed by atoms with Gasteiger partial charge in [0.05, 0.1) is 6.10 Å². The molecule has 0 amide bonds. The summed E-state index contributed by atoms with van der Waals surface area (Å²) in [6.45, 7) is 15.0. The third kappa shape index (κ3) is 1.95. The third-order valence-corrected chi connectivity index (χ3v) is 12.3. The van der Waals surface area contributed by atoms with Crippen molar-refractivity contribution in [1.29, 1.82) is 0 Å². The number of aliphatic hydroxyl groups is 1. The Hall–Kier alpha value is -0.0800. The summed E-state index contributed by atoms with van der Waals surface area (Å²) in [5, 5.41) is 14.9. The molecule has 0 aromatic carbocycles. The lowest BCUT2D eigenvalue weighted by molar-refractivity contribution is -0.145. The second-order valence-electron chi connectivity index (χ2n) is 13.2. The molecule has 0 aromatic rings. The Morgan fingerprint density at radius 3 is 2.14 bits per heavy atom. The SMILES string of the molecule is CN[C@H]1CC[C@]23C[C@]24CC[C@]2(C)C(C(C)C)[C@H](O)C[C@@]2(C)[C@@H]4CC[C@H]3C1(C)C. The fourth-order valence-electron chi connectivity index (χ4n) is 11.2. The highest BCUT2D eigenvalue weighted by Gasteiger charge is 2.82. The van der Waals surface area contributed by atoms with E-state index in [1.807, 2.05) is 0 Å². The van der Waals surface area contributed by atoms with Crippen molar-refractivity contribution < 1.29 is 5.11 Å². The Balaban J connectivity index is 1.53. The van der Waals surface area contributed by atoms with Crippen molar-refractivity contribution in [3.63, 3.8) is 0 Å². The van der Waals surface area contributed by atoms with Crippen LogP contribution < -0.4 is 5.32 Å². The molecular formula is C26H45NO. The van der Waals surface area contributed by atoms with E-state index >= 15 is 0 Å². The molecule has 2 heteroatoms. The molecule has 5 aliphatic rings. The first-order valence-corrected chi connectivity index (χ1v) is 12.4. The van der Waals surface area contributed by atoms with Gasteiger partial charge in [0.15, 0.2) is 0 Å². The van der Waals surface area contributed by atoms with Gasteiger partial charge in [0.1, 0.15) is 0 Å². The number of hydrogen-bond donors (Lipinski definition) is 2. The van der Waals surface area contributed by atoms with Crippen LogP contribution in [0.3, 0.4) is 0 Å². The summed E-state index contributed by atoms with van der Waals surface area (Å²) in [5.74, 6) is 2.81. The minimum atomic E-state index is -0.0888. The van der Waals surface area contributed by atoms with E-state index in [1.54, 1.807) is 0 Å². The molecule has 2 N–H and O–H groups in total. The highest BCUT2D eigenvalue weighted by Crippen LogP contribution is 2.89. The Kier molecular flexibility index (Phi) is 3.96. The molecule has 0 radical (unpaired) electrons. The van der Waals surface area contributed by atoms with Crippen molar-refractivity contribution in [1.82, 2.24) is 5.32 Å². The summed E-state index contributed by atoms with van der Waals surface area (Å²) in [6.07, 6.45) is 10.9. The second kappa shape index (κ2) is 5.58. The molecule has 9 atom stereocenters. The topological polar surface area (TPSA) is 32.3 Å². The van der Waals surface area contributed by atoms with E-state index < -0.39 is 0 Å². The lowest BCUT2D eigenvalue weighted by Gasteiger charge is -2.63. The first-order valence-electron chi connectivity index (χ1n) is 12.4. The zero-order valence-electron chi connectivity index (χ0n) is 19.6. The molecule has 28 heavy (non-hydrogen) atoms. The van der Waals surface area contributed by atoms with E-state index in [2.05, 4.69) is 53.9 Å². The predicted molar refractivity (Wildman–Crippen MR) is 116 cm³/mol. The van der Waals surface area contributed by atoms with Crippen LogP contribution in [-0.2, 0) is 0 Å². The van der Waals surface area contributed by atoms with Crippen molar-refractivity contribution >= 4 is 0 Å².